The third kappa shape index (κ3) is 5.24. The van der Waals surface area contributed by atoms with Crippen LogP contribution in [0.4, 0.5) is 5.69 Å². The molecule has 2 amide bonds. The molecule has 0 unspecified atom stereocenters. The van der Waals surface area contributed by atoms with Crippen molar-refractivity contribution in [1.29, 1.82) is 0 Å². The van der Waals surface area contributed by atoms with Gasteiger partial charge in [0, 0.05) is 11.8 Å². The molecular weight excluding hydrogens is 294 g/mol. The number of carbonyl (C=O) groups is 2. The van der Waals surface area contributed by atoms with Gasteiger partial charge in [0.05, 0.1) is 24.7 Å². The van der Waals surface area contributed by atoms with Crippen molar-refractivity contribution in [1.82, 2.24) is 5.32 Å². The van der Waals surface area contributed by atoms with Crippen LogP contribution in [0.15, 0.2) is 18.2 Å². The Bertz CT molecular complexity index is 520. The highest BCUT2D eigenvalue weighted by Gasteiger charge is 2.17. The number of nitrogens with two attached hydrogens (primary N) is 1. The zero-order valence-corrected chi connectivity index (χ0v) is 13.0. The maximum Gasteiger partial charge on any atom is 0.243 e. The van der Waals surface area contributed by atoms with E-state index in [2.05, 4.69) is 10.6 Å². The van der Waals surface area contributed by atoms with Gasteiger partial charge in [-0.3, -0.25) is 9.59 Å². The van der Waals surface area contributed by atoms with Gasteiger partial charge in [-0.25, -0.2) is 0 Å². The number of amides is 2. The van der Waals surface area contributed by atoms with E-state index < -0.39 is 6.04 Å². The van der Waals surface area contributed by atoms with Gasteiger partial charge in [-0.05, 0) is 18.1 Å². The molecule has 0 fully saturated rings. The van der Waals surface area contributed by atoms with Crippen LogP contribution in [0.2, 0.25) is 5.02 Å². The van der Waals surface area contributed by atoms with Crippen LogP contribution in [-0.4, -0.2) is 31.5 Å². The van der Waals surface area contributed by atoms with Crippen molar-refractivity contribution in [3.8, 4) is 5.75 Å². The summed E-state index contributed by atoms with van der Waals surface area (Å²) in [6, 6.07) is 4.23. The Morgan fingerprint density at radius 1 is 1.38 bits per heavy atom. The minimum atomic E-state index is -0.631. The smallest absolute Gasteiger partial charge is 0.243 e. The molecule has 0 saturated heterocycles. The Hall–Kier alpha value is -1.79. The normalized spacial score (nSPS) is 11.9. The lowest BCUT2D eigenvalue weighted by Gasteiger charge is -2.15. The number of halogens is 1. The summed E-state index contributed by atoms with van der Waals surface area (Å²) in [6.07, 6.45) is 0. The highest BCUT2D eigenvalue weighted by molar-refractivity contribution is 6.32. The number of hydrogen-bond acceptors (Lipinski definition) is 4. The minimum Gasteiger partial charge on any atom is -0.495 e. The zero-order valence-electron chi connectivity index (χ0n) is 12.3. The number of ether oxygens (including phenoxy) is 1. The fourth-order valence-electron chi connectivity index (χ4n) is 1.53. The van der Waals surface area contributed by atoms with E-state index in [-0.39, 0.29) is 24.3 Å². The molecule has 0 heterocycles. The first kappa shape index (κ1) is 17.3. The molecule has 0 aliphatic rings. The monoisotopic (exact) mass is 313 g/mol. The van der Waals surface area contributed by atoms with Gasteiger partial charge in [-0.2, -0.15) is 0 Å². The molecule has 0 saturated carbocycles. The van der Waals surface area contributed by atoms with Crippen LogP contribution in [0.25, 0.3) is 0 Å². The first-order valence-corrected chi connectivity index (χ1v) is 6.89. The van der Waals surface area contributed by atoms with E-state index in [1.807, 2.05) is 13.8 Å². The third-order valence-corrected chi connectivity index (χ3v) is 3.19. The Morgan fingerprint density at radius 2 is 2.05 bits per heavy atom. The predicted octanol–water partition coefficient (Wildman–Crippen LogP) is 1.39. The fourth-order valence-corrected chi connectivity index (χ4v) is 1.73. The number of nitrogens with one attached hydrogen (secondary N) is 2. The summed E-state index contributed by atoms with van der Waals surface area (Å²) in [5.74, 6) is -0.244. The van der Waals surface area contributed by atoms with Gasteiger partial charge in [0.2, 0.25) is 11.8 Å². The van der Waals surface area contributed by atoms with Crippen LogP contribution in [-0.2, 0) is 9.59 Å². The number of hydrogen-bond donors (Lipinski definition) is 3. The Balaban J connectivity index is 2.53. The van der Waals surface area contributed by atoms with Gasteiger partial charge in [0.1, 0.15) is 5.75 Å². The maximum atomic E-state index is 11.8. The topological polar surface area (TPSA) is 93.5 Å². The average Bonchev–Trinajstić information content (AvgIpc) is 2.45. The molecule has 0 aliphatic heterocycles. The Morgan fingerprint density at radius 3 is 2.62 bits per heavy atom. The van der Waals surface area contributed by atoms with Crippen molar-refractivity contribution in [3.05, 3.63) is 23.2 Å². The average molecular weight is 314 g/mol. The first-order valence-electron chi connectivity index (χ1n) is 6.51. The molecule has 116 valence electrons. The lowest BCUT2D eigenvalue weighted by molar-refractivity contribution is -0.125. The van der Waals surface area contributed by atoms with E-state index in [1.165, 1.54) is 7.11 Å². The maximum absolute atomic E-state index is 11.8. The van der Waals surface area contributed by atoms with E-state index in [0.29, 0.717) is 16.5 Å². The molecule has 0 aliphatic carbocycles. The van der Waals surface area contributed by atoms with E-state index in [9.17, 15) is 9.59 Å². The second-order valence-corrected chi connectivity index (χ2v) is 5.29. The quantitative estimate of drug-likeness (QED) is 0.739. The molecule has 6 nitrogen and oxygen atoms in total. The van der Waals surface area contributed by atoms with E-state index in [0.717, 1.165) is 0 Å². The summed E-state index contributed by atoms with van der Waals surface area (Å²) < 4.78 is 5.05. The van der Waals surface area contributed by atoms with Crippen molar-refractivity contribution in [2.24, 2.45) is 11.7 Å². The van der Waals surface area contributed by atoms with Crippen molar-refractivity contribution < 1.29 is 14.3 Å². The third-order valence-electron chi connectivity index (χ3n) is 2.88. The molecule has 0 aromatic heterocycles. The standard InChI is InChI=1S/C14H20ClN3O3/c1-8(2)13(16)14(20)17-7-12(19)18-9-4-5-10(15)11(6-9)21-3/h4-6,8,13H,7,16H2,1-3H3,(H,17,20)(H,18,19)/t13-/m0/s1. The SMILES string of the molecule is COc1cc(NC(=O)CNC(=O)[C@@H](N)C(C)C)ccc1Cl. The fraction of sp³-hybridized carbons (Fsp3) is 0.429. The second kappa shape index (κ2) is 7.85. The molecule has 1 atom stereocenters. The number of rotatable bonds is 6. The van der Waals surface area contributed by atoms with E-state index >= 15 is 0 Å². The largest absolute Gasteiger partial charge is 0.495 e. The summed E-state index contributed by atoms with van der Waals surface area (Å²) in [5.41, 5.74) is 6.21. The molecule has 0 radical (unpaired) electrons. The molecule has 1 rings (SSSR count). The van der Waals surface area contributed by atoms with Gasteiger partial charge < -0.3 is 21.1 Å². The van der Waals surface area contributed by atoms with Crippen LogP contribution < -0.4 is 21.1 Å². The van der Waals surface area contributed by atoms with Gasteiger partial charge in [0.25, 0.3) is 0 Å². The molecule has 1 aromatic carbocycles. The van der Waals surface area contributed by atoms with Crippen LogP contribution in [0.3, 0.4) is 0 Å². The summed E-state index contributed by atoms with van der Waals surface area (Å²) in [4.78, 5) is 23.4. The van der Waals surface area contributed by atoms with E-state index in [1.54, 1.807) is 18.2 Å². The highest BCUT2D eigenvalue weighted by Crippen LogP contribution is 2.27. The summed E-state index contributed by atoms with van der Waals surface area (Å²) in [6.45, 7) is 3.53. The van der Waals surface area contributed by atoms with E-state index in [4.69, 9.17) is 22.1 Å². The molecule has 4 N–H and O–H groups in total. The second-order valence-electron chi connectivity index (χ2n) is 4.89. The van der Waals surface area contributed by atoms with Crippen molar-refractivity contribution in [2.45, 2.75) is 19.9 Å². The van der Waals surface area contributed by atoms with Crippen molar-refractivity contribution >= 4 is 29.1 Å². The lowest BCUT2D eigenvalue weighted by atomic mass is 10.1. The number of methoxy groups -OCH3 is 1. The van der Waals surface area contributed by atoms with Gasteiger partial charge >= 0.3 is 0 Å². The summed E-state index contributed by atoms with van der Waals surface area (Å²) >= 11 is 5.89. The van der Waals surface area contributed by atoms with Gasteiger partial charge in [0.15, 0.2) is 0 Å². The number of anilines is 1. The number of carbonyl (C=O) groups excluding carboxylic acids is 2. The minimum absolute atomic E-state index is 0.00795. The van der Waals surface area contributed by atoms with Gasteiger partial charge in [-0.1, -0.05) is 25.4 Å². The van der Waals surface area contributed by atoms with Crippen LogP contribution in [0, 0.1) is 5.92 Å². The zero-order chi connectivity index (χ0) is 16.0. The molecule has 0 spiro atoms. The van der Waals surface area contributed by atoms with Crippen LogP contribution in [0.5, 0.6) is 5.75 Å². The highest BCUT2D eigenvalue weighted by atomic mass is 35.5. The molecule has 1 aromatic rings. The van der Waals surface area contributed by atoms with Gasteiger partial charge in [-0.15, -0.1) is 0 Å². The molecular formula is C14H20ClN3O3. The first-order chi connectivity index (χ1) is 9.85. The summed E-state index contributed by atoms with van der Waals surface area (Å²) in [7, 11) is 1.49. The molecule has 0 bridgehead atoms. The lowest BCUT2D eigenvalue weighted by Crippen LogP contribution is -2.46. The molecule has 21 heavy (non-hydrogen) atoms. The predicted molar refractivity (Wildman–Crippen MR) is 82.5 cm³/mol. The number of benzene rings is 1. The Kier molecular flexibility index (Phi) is 6.45. The van der Waals surface area contributed by atoms with Crippen LogP contribution >= 0.6 is 11.6 Å². The Labute approximate surface area is 129 Å². The summed E-state index contributed by atoms with van der Waals surface area (Å²) in [5, 5.41) is 5.58. The van der Waals surface area contributed by atoms with Crippen molar-refractivity contribution in [2.75, 3.05) is 19.0 Å². The molecule has 7 heteroatoms. The van der Waals surface area contributed by atoms with Crippen molar-refractivity contribution in [3.63, 3.8) is 0 Å². The van der Waals surface area contributed by atoms with Crippen LogP contribution in [0.1, 0.15) is 13.8 Å².